The number of ether oxygens (including phenoxy) is 1. The monoisotopic (exact) mass is 439 g/mol. The molecule has 0 saturated heterocycles. The minimum atomic E-state index is -0.0899. The molecule has 0 radical (unpaired) electrons. The number of rotatable bonds is 5. The van der Waals surface area contributed by atoms with Gasteiger partial charge in [-0.15, -0.1) is 0 Å². The Hall–Kier alpha value is -3.44. The van der Waals surface area contributed by atoms with E-state index in [0.29, 0.717) is 13.0 Å². The van der Waals surface area contributed by atoms with E-state index in [1.807, 2.05) is 36.4 Å². The predicted molar refractivity (Wildman–Crippen MR) is 130 cm³/mol. The smallest absolute Gasteiger partial charge is 0.257 e. The molecule has 1 atom stereocenters. The van der Waals surface area contributed by atoms with Gasteiger partial charge in [0.25, 0.3) is 5.91 Å². The first kappa shape index (κ1) is 21.4. The van der Waals surface area contributed by atoms with Gasteiger partial charge in [-0.25, -0.2) is 5.01 Å². The Kier molecular flexibility index (Phi) is 5.97. The van der Waals surface area contributed by atoms with Crippen molar-refractivity contribution in [1.29, 1.82) is 0 Å². The third kappa shape index (κ3) is 4.41. The van der Waals surface area contributed by atoms with Crippen LogP contribution in [0.2, 0.25) is 0 Å². The van der Waals surface area contributed by atoms with Crippen LogP contribution < -0.4 is 4.74 Å². The Morgan fingerprint density at radius 1 is 1.00 bits per heavy atom. The Labute approximate surface area is 195 Å². The van der Waals surface area contributed by atoms with Crippen molar-refractivity contribution in [3.05, 3.63) is 101 Å². The lowest BCUT2D eigenvalue weighted by molar-refractivity contribution is -0.134. The van der Waals surface area contributed by atoms with Crippen molar-refractivity contribution in [2.45, 2.75) is 32.4 Å². The van der Waals surface area contributed by atoms with Crippen LogP contribution in [0.1, 0.15) is 40.3 Å². The van der Waals surface area contributed by atoms with Gasteiger partial charge < -0.3 is 4.74 Å². The molecule has 3 aromatic carbocycles. The van der Waals surface area contributed by atoms with E-state index in [1.165, 1.54) is 16.7 Å². The third-order valence-corrected chi connectivity index (χ3v) is 6.71. The molecule has 0 unspecified atom stereocenters. The van der Waals surface area contributed by atoms with Gasteiger partial charge in [-0.1, -0.05) is 48.5 Å². The molecule has 0 bridgehead atoms. The number of carbonyl (C=O) groups excluding carboxylic acids is 1. The second kappa shape index (κ2) is 9.20. The second-order valence-corrected chi connectivity index (χ2v) is 8.82. The van der Waals surface area contributed by atoms with Gasteiger partial charge in [-0.3, -0.25) is 9.69 Å². The Morgan fingerprint density at radius 2 is 1.73 bits per heavy atom. The highest BCUT2D eigenvalue weighted by molar-refractivity contribution is 6.03. The predicted octanol–water partition coefficient (Wildman–Crippen LogP) is 4.74. The van der Waals surface area contributed by atoms with Crippen LogP contribution >= 0.6 is 0 Å². The minimum absolute atomic E-state index is 0.0474. The van der Waals surface area contributed by atoms with E-state index in [2.05, 4.69) is 48.2 Å². The number of benzene rings is 3. The molecular weight excluding hydrogens is 410 g/mol. The molecule has 0 fully saturated rings. The van der Waals surface area contributed by atoms with Crippen LogP contribution in [0.4, 0.5) is 0 Å². The van der Waals surface area contributed by atoms with Gasteiger partial charge in [0, 0.05) is 19.5 Å². The Balaban J connectivity index is 1.40. The van der Waals surface area contributed by atoms with E-state index < -0.39 is 0 Å². The summed E-state index contributed by atoms with van der Waals surface area (Å²) in [6.45, 7) is 4.17. The summed E-state index contributed by atoms with van der Waals surface area (Å²) in [6, 6.07) is 24.6. The summed E-state index contributed by atoms with van der Waals surface area (Å²) >= 11 is 0. The van der Waals surface area contributed by atoms with Crippen molar-refractivity contribution < 1.29 is 9.53 Å². The molecule has 5 heteroatoms. The van der Waals surface area contributed by atoms with Crippen molar-refractivity contribution >= 4 is 11.6 Å². The molecule has 3 aromatic rings. The summed E-state index contributed by atoms with van der Waals surface area (Å²) < 4.78 is 5.30. The maximum absolute atomic E-state index is 13.6. The second-order valence-electron chi connectivity index (χ2n) is 8.82. The van der Waals surface area contributed by atoms with Crippen molar-refractivity contribution in [2.75, 3.05) is 20.2 Å². The topological polar surface area (TPSA) is 45.1 Å². The van der Waals surface area contributed by atoms with Crippen LogP contribution in [0.5, 0.6) is 5.75 Å². The van der Waals surface area contributed by atoms with Gasteiger partial charge in [0.15, 0.2) is 0 Å². The molecule has 0 aliphatic carbocycles. The fourth-order valence-corrected chi connectivity index (χ4v) is 4.85. The fraction of sp³-hybridized carbons (Fsp3) is 0.286. The molecule has 2 heterocycles. The molecule has 0 spiro atoms. The third-order valence-electron chi connectivity index (χ3n) is 6.71. The molecular formula is C28H29N3O2. The first-order chi connectivity index (χ1) is 16.1. The zero-order valence-electron chi connectivity index (χ0n) is 19.2. The highest BCUT2D eigenvalue weighted by Gasteiger charge is 2.34. The van der Waals surface area contributed by atoms with E-state index in [4.69, 9.17) is 9.84 Å². The molecule has 0 aromatic heterocycles. The number of hydrazone groups is 1. The van der Waals surface area contributed by atoms with E-state index in [-0.39, 0.29) is 11.9 Å². The van der Waals surface area contributed by atoms with Crippen LogP contribution in [-0.4, -0.2) is 41.7 Å². The Bertz CT molecular complexity index is 1190. The zero-order valence-corrected chi connectivity index (χ0v) is 19.2. The summed E-state index contributed by atoms with van der Waals surface area (Å²) in [6.07, 6.45) is 1.68. The number of fused-ring (bicyclic) bond motifs is 1. The molecule has 5 rings (SSSR count). The molecule has 2 aliphatic rings. The van der Waals surface area contributed by atoms with Gasteiger partial charge in [0.05, 0.1) is 25.4 Å². The molecule has 1 amide bonds. The quantitative estimate of drug-likeness (QED) is 0.577. The number of aryl methyl sites for hydroxylation is 1. The van der Waals surface area contributed by atoms with E-state index >= 15 is 0 Å². The summed E-state index contributed by atoms with van der Waals surface area (Å²) in [5, 5.41) is 6.58. The largest absolute Gasteiger partial charge is 0.497 e. The van der Waals surface area contributed by atoms with E-state index in [9.17, 15) is 4.79 Å². The average Bonchev–Trinajstić information content (AvgIpc) is 3.30. The molecule has 0 saturated carbocycles. The van der Waals surface area contributed by atoms with Crippen LogP contribution in [0.25, 0.3) is 0 Å². The average molecular weight is 440 g/mol. The van der Waals surface area contributed by atoms with Crippen LogP contribution in [0.3, 0.4) is 0 Å². The number of hydrogen-bond acceptors (Lipinski definition) is 4. The molecule has 5 nitrogen and oxygen atoms in total. The van der Waals surface area contributed by atoms with Crippen molar-refractivity contribution in [3.63, 3.8) is 0 Å². The maximum Gasteiger partial charge on any atom is 0.257 e. The van der Waals surface area contributed by atoms with Crippen LogP contribution in [0.15, 0.2) is 77.9 Å². The lowest BCUT2D eigenvalue weighted by Gasteiger charge is -2.30. The molecule has 33 heavy (non-hydrogen) atoms. The summed E-state index contributed by atoms with van der Waals surface area (Å²) in [5.74, 6) is 0.859. The van der Waals surface area contributed by atoms with Crippen molar-refractivity contribution in [1.82, 2.24) is 9.91 Å². The lowest BCUT2D eigenvalue weighted by Crippen LogP contribution is -2.40. The number of nitrogens with zero attached hydrogens (tertiary/aromatic N) is 3. The molecule has 0 N–H and O–H groups in total. The fourth-order valence-electron chi connectivity index (χ4n) is 4.85. The van der Waals surface area contributed by atoms with Gasteiger partial charge in [0.2, 0.25) is 0 Å². The number of methoxy groups -OCH3 is 1. The summed E-state index contributed by atoms with van der Waals surface area (Å²) in [5.41, 5.74) is 7.00. The number of carbonyl (C=O) groups is 1. The van der Waals surface area contributed by atoms with Crippen LogP contribution in [0, 0.1) is 6.92 Å². The van der Waals surface area contributed by atoms with Gasteiger partial charge >= 0.3 is 0 Å². The molecule has 168 valence electrons. The van der Waals surface area contributed by atoms with Crippen LogP contribution in [-0.2, 0) is 17.8 Å². The maximum atomic E-state index is 13.6. The number of amides is 1. The van der Waals surface area contributed by atoms with Crippen molar-refractivity contribution in [3.8, 4) is 5.75 Å². The van der Waals surface area contributed by atoms with E-state index in [1.54, 1.807) is 12.1 Å². The van der Waals surface area contributed by atoms with Crippen molar-refractivity contribution in [2.24, 2.45) is 5.10 Å². The standard InChI is InChI=1S/C28H29N3O2/c1-20-7-3-6-10-25(20)27-17-26(22-11-13-24(33-2)14-12-22)29-31(27)28(32)19-30-16-15-21-8-4-5-9-23(21)18-30/h3-14,27H,15-19H2,1-2H3/t27-/m0/s1. The van der Waals surface area contributed by atoms with Gasteiger partial charge in [-0.2, -0.15) is 5.10 Å². The highest BCUT2D eigenvalue weighted by atomic mass is 16.5. The SMILES string of the molecule is COc1ccc(C2=NN(C(=O)CN3CCc4ccccc4C3)[C@H](c3ccccc3C)C2)cc1. The minimum Gasteiger partial charge on any atom is -0.497 e. The first-order valence-electron chi connectivity index (χ1n) is 11.5. The first-order valence-corrected chi connectivity index (χ1v) is 11.5. The van der Waals surface area contributed by atoms with E-state index in [0.717, 1.165) is 42.1 Å². The lowest BCUT2D eigenvalue weighted by atomic mass is 9.95. The normalized spacial score (nSPS) is 18.1. The Morgan fingerprint density at radius 3 is 2.48 bits per heavy atom. The summed E-state index contributed by atoms with van der Waals surface area (Å²) in [7, 11) is 1.66. The van der Waals surface area contributed by atoms with Gasteiger partial charge in [0.1, 0.15) is 5.75 Å². The summed E-state index contributed by atoms with van der Waals surface area (Å²) in [4.78, 5) is 15.8. The highest BCUT2D eigenvalue weighted by Crippen LogP contribution is 2.35. The number of hydrogen-bond donors (Lipinski definition) is 0. The molecule has 2 aliphatic heterocycles. The zero-order chi connectivity index (χ0) is 22.8. The van der Waals surface area contributed by atoms with Gasteiger partial charge in [-0.05, 0) is 65.4 Å².